The first-order chi connectivity index (χ1) is 8.94. The standard InChI is InChI=1S/C13H20F2O3Si/c1-18-19(16,17)9-5-3-2-4-6-11-7-8-12(14)10-13(11)15/h7-8,10,16-17H,2-6,9H2,1H3. The van der Waals surface area contributed by atoms with Gasteiger partial charge in [0, 0.05) is 19.2 Å². The van der Waals surface area contributed by atoms with Crippen LogP contribution in [0.4, 0.5) is 8.78 Å². The summed E-state index contributed by atoms with van der Waals surface area (Å²) in [6.07, 6.45) is 3.74. The first kappa shape index (κ1) is 16.2. The lowest BCUT2D eigenvalue weighted by atomic mass is 10.1. The third-order valence-electron chi connectivity index (χ3n) is 3.04. The molecule has 1 aromatic rings. The number of halogens is 2. The van der Waals surface area contributed by atoms with Crippen molar-refractivity contribution in [2.75, 3.05) is 7.11 Å². The lowest BCUT2D eigenvalue weighted by molar-refractivity contribution is 0.183. The van der Waals surface area contributed by atoms with E-state index in [0.717, 1.165) is 25.3 Å². The molecule has 0 bridgehead atoms. The van der Waals surface area contributed by atoms with Gasteiger partial charge in [0.15, 0.2) is 0 Å². The van der Waals surface area contributed by atoms with Gasteiger partial charge in [-0.1, -0.05) is 18.9 Å². The summed E-state index contributed by atoms with van der Waals surface area (Å²) in [6.45, 7) is 0. The molecule has 1 rings (SSSR count). The Morgan fingerprint density at radius 1 is 1.11 bits per heavy atom. The lowest BCUT2D eigenvalue weighted by Gasteiger charge is -2.13. The maximum Gasteiger partial charge on any atom is 0.495 e. The van der Waals surface area contributed by atoms with Crippen LogP contribution in [0.2, 0.25) is 6.04 Å². The molecule has 0 fully saturated rings. The predicted molar refractivity (Wildman–Crippen MR) is 70.5 cm³/mol. The molecule has 0 aliphatic heterocycles. The fourth-order valence-electron chi connectivity index (χ4n) is 1.85. The average molecular weight is 290 g/mol. The van der Waals surface area contributed by atoms with Gasteiger partial charge in [0.1, 0.15) is 11.6 Å². The van der Waals surface area contributed by atoms with Gasteiger partial charge in [-0.15, -0.1) is 0 Å². The molecule has 1 aromatic carbocycles. The van der Waals surface area contributed by atoms with Crippen molar-refractivity contribution >= 4 is 8.80 Å². The quantitative estimate of drug-likeness (QED) is 0.571. The van der Waals surface area contributed by atoms with Gasteiger partial charge in [0.2, 0.25) is 0 Å². The Morgan fingerprint density at radius 3 is 2.42 bits per heavy atom. The maximum atomic E-state index is 13.3. The summed E-state index contributed by atoms with van der Waals surface area (Å²) in [5.41, 5.74) is 0.520. The van der Waals surface area contributed by atoms with Crippen molar-refractivity contribution in [1.29, 1.82) is 0 Å². The summed E-state index contributed by atoms with van der Waals surface area (Å²) in [6, 6.07) is 3.91. The summed E-state index contributed by atoms with van der Waals surface area (Å²) in [5, 5.41) is 0. The van der Waals surface area contributed by atoms with E-state index in [2.05, 4.69) is 4.43 Å². The number of unbranched alkanes of at least 4 members (excludes halogenated alkanes) is 3. The molecule has 0 radical (unpaired) electrons. The Balaban J connectivity index is 2.17. The van der Waals surface area contributed by atoms with Gasteiger partial charge >= 0.3 is 8.80 Å². The second kappa shape index (κ2) is 7.69. The molecule has 0 aliphatic carbocycles. The van der Waals surface area contributed by atoms with Crippen LogP contribution in [0.3, 0.4) is 0 Å². The highest BCUT2D eigenvalue weighted by Crippen LogP contribution is 2.15. The summed E-state index contributed by atoms with van der Waals surface area (Å²) in [4.78, 5) is 18.6. The van der Waals surface area contributed by atoms with E-state index in [9.17, 15) is 18.4 Å². The molecular formula is C13H20F2O3Si. The van der Waals surface area contributed by atoms with Crippen LogP contribution >= 0.6 is 0 Å². The fourth-order valence-corrected chi connectivity index (χ4v) is 2.77. The normalized spacial score (nSPS) is 11.8. The van der Waals surface area contributed by atoms with E-state index in [0.29, 0.717) is 18.4 Å². The Morgan fingerprint density at radius 2 is 1.79 bits per heavy atom. The number of benzene rings is 1. The fraction of sp³-hybridized carbons (Fsp3) is 0.538. The summed E-state index contributed by atoms with van der Waals surface area (Å²) in [5.74, 6) is -1.07. The number of rotatable bonds is 8. The molecule has 108 valence electrons. The molecule has 3 nitrogen and oxygen atoms in total. The smallest absolute Gasteiger partial charge is 0.390 e. The minimum atomic E-state index is -3.42. The minimum Gasteiger partial charge on any atom is -0.390 e. The Hall–Kier alpha value is -0.823. The topological polar surface area (TPSA) is 49.7 Å². The number of aryl methyl sites for hydroxylation is 1. The highest BCUT2D eigenvalue weighted by Gasteiger charge is 2.29. The van der Waals surface area contributed by atoms with Crippen LogP contribution in [0.25, 0.3) is 0 Å². The zero-order valence-electron chi connectivity index (χ0n) is 11.0. The van der Waals surface area contributed by atoms with E-state index in [1.165, 1.54) is 19.2 Å². The van der Waals surface area contributed by atoms with Crippen molar-refractivity contribution in [3.63, 3.8) is 0 Å². The molecule has 0 unspecified atom stereocenters. The van der Waals surface area contributed by atoms with Crippen molar-refractivity contribution in [3.8, 4) is 0 Å². The van der Waals surface area contributed by atoms with E-state index in [-0.39, 0.29) is 6.04 Å². The maximum absolute atomic E-state index is 13.3. The Bertz CT molecular complexity index is 399. The van der Waals surface area contributed by atoms with Crippen LogP contribution in [0.1, 0.15) is 31.2 Å². The van der Waals surface area contributed by atoms with E-state index in [1.807, 2.05) is 0 Å². The van der Waals surface area contributed by atoms with E-state index in [4.69, 9.17) is 0 Å². The molecule has 0 spiro atoms. The Labute approximate surface area is 113 Å². The molecule has 0 atom stereocenters. The zero-order chi connectivity index (χ0) is 14.3. The van der Waals surface area contributed by atoms with Crippen LogP contribution in [0.5, 0.6) is 0 Å². The van der Waals surface area contributed by atoms with Crippen LogP contribution < -0.4 is 0 Å². The third kappa shape index (κ3) is 6.24. The molecule has 0 aromatic heterocycles. The molecule has 2 N–H and O–H groups in total. The predicted octanol–water partition coefficient (Wildman–Crippen LogP) is 2.64. The second-order valence-corrected chi connectivity index (χ2v) is 6.99. The van der Waals surface area contributed by atoms with Crippen molar-refractivity contribution in [2.24, 2.45) is 0 Å². The van der Waals surface area contributed by atoms with Crippen molar-refractivity contribution in [3.05, 3.63) is 35.4 Å². The van der Waals surface area contributed by atoms with Crippen LogP contribution in [-0.4, -0.2) is 25.5 Å². The van der Waals surface area contributed by atoms with Crippen LogP contribution in [0.15, 0.2) is 18.2 Å². The second-order valence-electron chi connectivity index (χ2n) is 4.60. The van der Waals surface area contributed by atoms with Gasteiger partial charge < -0.3 is 14.0 Å². The summed E-state index contributed by atoms with van der Waals surface area (Å²) < 4.78 is 30.6. The summed E-state index contributed by atoms with van der Waals surface area (Å²) >= 11 is 0. The number of hydrogen-bond donors (Lipinski definition) is 2. The minimum absolute atomic E-state index is 0.286. The zero-order valence-corrected chi connectivity index (χ0v) is 12.0. The van der Waals surface area contributed by atoms with Gasteiger partial charge in [-0.2, -0.15) is 0 Å². The molecular weight excluding hydrogens is 270 g/mol. The van der Waals surface area contributed by atoms with Crippen LogP contribution in [0, 0.1) is 11.6 Å². The van der Waals surface area contributed by atoms with E-state index < -0.39 is 20.4 Å². The molecule has 0 aliphatic rings. The van der Waals surface area contributed by atoms with Crippen molar-refractivity contribution < 1.29 is 22.8 Å². The number of hydrogen-bond acceptors (Lipinski definition) is 3. The van der Waals surface area contributed by atoms with Crippen LogP contribution in [-0.2, 0) is 10.8 Å². The molecule has 19 heavy (non-hydrogen) atoms. The summed E-state index contributed by atoms with van der Waals surface area (Å²) in [7, 11) is -2.12. The first-order valence-corrected chi connectivity index (χ1v) is 8.39. The third-order valence-corrected chi connectivity index (χ3v) is 4.70. The molecule has 0 saturated carbocycles. The molecule has 0 amide bonds. The first-order valence-electron chi connectivity index (χ1n) is 6.38. The highest BCUT2D eigenvalue weighted by molar-refractivity contribution is 6.57. The highest BCUT2D eigenvalue weighted by atomic mass is 28.4. The monoisotopic (exact) mass is 290 g/mol. The van der Waals surface area contributed by atoms with Gasteiger partial charge in [-0.3, -0.25) is 0 Å². The van der Waals surface area contributed by atoms with Crippen molar-refractivity contribution in [2.45, 2.75) is 38.1 Å². The molecule has 0 heterocycles. The van der Waals surface area contributed by atoms with Gasteiger partial charge in [-0.05, 0) is 30.9 Å². The lowest BCUT2D eigenvalue weighted by Crippen LogP contribution is -2.37. The van der Waals surface area contributed by atoms with Gasteiger partial charge in [0.25, 0.3) is 0 Å². The van der Waals surface area contributed by atoms with E-state index >= 15 is 0 Å². The van der Waals surface area contributed by atoms with Crippen molar-refractivity contribution in [1.82, 2.24) is 0 Å². The largest absolute Gasteiger partial charge is 0.495 e. The van der Waals surface area contributed by atoms with E-state index in [1.54, 1.807) is 0 Å². The Kier molecular flexibility index (Phi) is 6.57. The van der Waals surface area contributed by atoms with Gasteiger partial charge in [-0.25, -0.2) is 8.78 Å². The molecule has 6 heteroatoms. The van der Waals surface area contributed by atoms with Gasteiger partial charge in [0.05, 0.1) is 0 Å². The SMILES string of the molecule is CO[Si](O)(O)CCCCCCc1ccc(F)cc1F. The molecule has 0 saturated heterocycles. The average Bonchev–Trinajstić information content (AvgIpc) is 2.35.